The van der Waals surface area contributed by atoms with E-state index in [4.69, 9.17) is 0 Å². The summed E-state index contributed by atoms with van der Waals surface area (Å²) in [6.07, 6.45) is 1.07. The van der Waals surface area contributed by atoms with Crippen LogP contribution in [0.3, 0.4) is 0 Å². The van der Waals surface area contributed by atoms with Crippen molar-refractivity contribution in [2.75, 3.05) is 11.0 Å². The number of aryl methyl sites for hydroxylation is 1. The molecule has 0 saturated heterocycles. The Morgan fingerprint density at radius 2 is 1.96 bits per heavy atom. The van der Waals surface area contributed by atoms with Crippen LogP contribution in [-0.4, -0.2) is 30.5 Å². The highest BCUT2D eigenvalue weighted by atomic mass is 32.2. The quantitative estimate of drug-likeness (QED) is 0.650. The minimum Gasteiger partial charge on any atom is -0.345 e. The number of sulfonamides is 1. The lowest BCUT2D eigenvalue weighted by atomic mass is 10.1. The fraction of sp³-hybridized carbons (Fsp3) is 0.176. The minimum atomic E-state index is -3.41. The molecule has 1 amide bonds. The van der Waals surface area contributed by atoms with Crippen LogP contribution >= 0.6 is 0 Å². The van der Waals surface area contributed by atoms with E-state index in [2.05, 4.69) is 20.0 Å². The summed E-state index contributed by atoms with van der Waals surface area (Å²) >= 11 is 0. The van der Waals surface area contributed by atoms with Gasteiger partial charge in [-0.2, -0.15) is 0 Å². The van der Waals surface area contributed by atoms with Gasteiger partial charge in [-0.1, -0.05) is 18.2 Å². The molecule has 0 radical (unpaired) electrons. The Morgan fingerprint density at radius 3 is 2.68 bits per heavy atom. The average molecular weight is 358 g/mol. The van der Waals surface area contributed by atoms with Gasteiger partial charge in [-0.15, -0.1) is 0 Å². The molecule has 0 unspecified atom stereocenters. The number of benzene rings is 2. The second kappa shape index (κ2) is 6.56. The summed E-state index contributed by atoms with van der Waals surface area (Å²) in [5, 5.41) is 2.78. The molecule has 3 rings (SSSR count). The number of anilines is 1. The van der Waals surface area contributed by atoms with Crippen molar-refractivity contribution >= 4 is 32.7 Å². The van der Waals surface area contributed by atoms with Gasteiger partial charge in [0.05, 0.1) is 29.5 Å². The summed E-state index contributed by atoms with van der Waals surface area (Å²) in [7, 11) is -3.41. The first kappa shape index (κ1) is 17.0. The molecule has 8 heteroatoms. The van der Waals surface area contributed by atoms with Crippen LogP contribution in [0.1, 0.15) is 21.7 Å². The molecule has 3 aromatic rings. The van der Waals surface area contributed by atoms with Gasteiger partial charge in [0.15, 0.2) is 0 Å². The molecule has 1 aromatic heterocycles. The van der Waals surface area contributed by atoms with Crippen molar-refractivity contribution in [2.45, 2.75) is 13.5 Å². The van der Waals surface area contributed by atoms with Crippen molar-refractivity contribution in [1.82, 2.24) is 15.3 Å². The van der Waals surface area contributed by atoms with Crippen molar-refractivity contribution in [3.8, 4) is 0 Å². The van der Waals surface area contributed by atoms with E-state index in [-0.39, 0.29) is 12.5 Å². The first-order valence-corrected chi connectivity index (χ1v) is 9.51. The number of fused-ring (bicyclic) bond motifs is 1. The molecule has 25 heavy (non-hydrogen) atoms. The number of hydrogen-bond donors (Lipinski definition) is 3. The predicted molar refractivity (Wildman–Crippen MR) is 96.9 cm³/mol. The van der Waals surface area contributed by atoms with Crippen LogP contribution in [-0.2, 0) is 16.6 Å². The number of amides is 1. The third-order valence-corrected chi connectivity index (χ3v) is 4.24. The number of aromatic nitrogens is 2. The average Bonchev–Trinajstić information content (AvgIpc) is 2.96. The molecule has 0 bridgehead atoms. The van der Waals surface area contributed by atoms with E-state index in [1.54, 1.807) is 19.1 Å². The first-order valence-electron chi connectivity index (χ1n) is 7.62. The van der Waals surface area contributed by atoms with Crippen molar-refractivity contribution in [2.24, 2.45) is 0 Å². The lowest BCUT2D eigenvalue weighted by Gasteiger charge is -2.10. The second-order valence-electron chi connectivity index (χ2n) is 5.79. The molecule has 0 fully saturated rings. The number of H-pyrrole nitrogens is 1. The maximum Gasteiger partial charge on any atom is 0.251 e. The molecule has 7 nitrogen and oxygen atoms in total. The molecule has 130 valence electrons. The van der Waals surface area contributed by atoms with Crippen LogP contribution < -0.4 is 10.0 Å². The zero-order valence-electron chi connectivity index (χ0n) is 13.8. The predicted octanol–water partition coefficient (Wildman–Crippen LogP) is 2.17. The SMILES string of the molecule is Cc1ccc(C(=O)NCc2nc3ccccc3[nH]2)cc1NS(C)(=O)=O. The number of para-hydroxylation sites is 2. The third-order valence-electron chi connectivity index (χ3n) is 3.65. The van der Waals surface area contributed by atoms with E-state index in [9.17, 15) is 13.2 Å². The molecule has 3 N–H and O–H groups in total. The Balaban J connectivity index is 1.73. The van der Waals surface area contributed by atoms with E-state index in [0.717, 1.165) is 22.9 Å². The Labute approximate surface area is 145 Å². The van der Waals surface area contributed by atoms with Crippen molar-refractivity contribution in [3.05, 3.63) is 59.4 Å². The Bertz CT molecular complexity index is 1010. The van der Waals surface area contributed by atoms with Gasteiger partial charge in [0.2, 0.25) is 10.0 Å². The van der Waals surface area contributed by atoms with Crippen LogP contribution in [0.5, 0.6) is 0 Å². The molecule has 0 saturated carbocycles. The number of hydrogen-bond acceptors (Lipinski definition) is 4. The van der Waals surface area contributed by atoms with E-state index in [1.807, 2.05) is 24.3 Å². The molecular weight excluding hydrogens is 340 g/mol. The summed E-state index contributed by atoms with van der Waals surface area (Å²) < 4.78 is 25.2. The normalized spacial score (nSPS) is 11.4. The van der Waals surface area contributed by atoms with Gasteiger partial charge in [-0.25, -0.2) is 13.4 Å². The zero-order valence-corrected chi connectivity index (χ0v) is 14.6. The number of carbonyl (C=O) groups is 1. The highest BCUT2D eigenvalue weighted by molar-refractivity contribution is 7.92. The molecule has 0 aliphatic carbocycles. The van der Waals surface area contributed by atoms with Crippen molar-refractivity contribution in [1.29, 1.82) is 0 Å². The van der Waals surface area contributed by atoms with Crippen LogP contribution in [0.4, 0.5) is 5.69 Å². The van der Waals surface area contributed by atoms with Gasteiger partial charge in [0, 0.05) is 5.56 Å². The standard InChI is InChI=1S/C17H18N4O3S/c1-11-7-8-12(9-15(11)21-25(2,23)24)17(22)18-10-16-19-13-5-3-4-6-14(13)20-16/h3-9,21H,10H2,1-2H3,(H,18,22)(H,19,20). The minimum absolute atomic E-state index is 0.246. The molecule has 0 atom stereocenters. The topological polar surface area (TPSA) is 104 Å². The van der Waals surface area contributed by atoms with Crippen LogP contribution in [0.2, 0.25) is 0 Å². The summed E-state index contributed by atoms with van der Waals surface area (Å²) in [5.41, 5.74) is 3.23. The monoisotopic (exact) mass is 358 g/mol. The van der Waals surface area contributed by atoms with Crippen LogP contribution in [0.25, 0.3) is 11.0 Å². The molecule has 2 aromatic carbocycles. The summed E-state index contributed by atoms with van der Waals surface area (Å²) in [6.45, 7) is 2.01. The van der Waals surface area contributed by atoms with E-state index in [0.29, 0.717) is 17.1 Å². The number of nitrogens with zero attached hydrogens (tertiary/aromatic N) is 1. The number of carbonyl (C=O) groups excluding carboxylic acids is 1. The first-order chi connectivity index (χ1) is 11.8. The highest BCUT2D eigenvalue weighted by Crippen LogP contribution is 2.18. The molecule has 0 aliphatic heterocycles. The van der Waals surface area contributed by atoms with Crippen molar-refractivity contribution in [3.63, 3.8) is 0 Å². The second-order valence-corrected chi connectivity index (χ2v) is 7.54. The smallest absolute Gasteiger partial charge is 0.251 e. The summed E-state index contributed by atoms with van der Waals surface area (Å²) in [5.74, 6) is 0.341. The maximum atomic E-state index is 12.3. The fourth-order valence-electron chi connectivity index (χ4n) is 2.43. The van der Waals surface area contributed by atoms with Gasteiger partial charge in [-0.3, -0.25) is 9.52 Å². The van der Waals surface area contributed by atoms with Gasteiger partial charge in [0.1, 0.15) is 5.82 Å². The highest BCUT2D eigenvalue weighted by Gasteiger charge is 2.11. The lowest BCUT2D eigenvalue weighted by molar-refractivity contribution is 0.0950. The van der Waals surface area contributed by atoms with Crippen LogP contribution in [0.15, 0.2) is 42.5 Å². The third kappa shape index (κ3) is 4.16. The Morgan fingerprint density at radius 1 is 1.20 bits per heavy atom. The van der Waals surface area contributed by atoms with Gasteiger partial charge >= 0.3 is 0 Å². The number of imidazole rings is 1. The molecular formula is C17H18N4O3S. The summed E-state index contributed by atoms with van der Waals surface area (Å²) in [4.78, 5) is 19.9. The fourth-order valence-corrected chi connectivity index (χ4v) is 3.05. The molecule has 0 aliphatic rings. The van der Waals surface area contributed by atoms with Crippen molar-refractivity contribution < 1.29 is 13.2 Å². The number of aromatic amines is 1. The molecule has 0 spiro atoms. The Hall–Kier alpha value is -2.87. The number of nitrogens with one attached hydrogen (secondary N) is 3. The lowest BCUT2D eigenvalue weighted by Crippen LogP contribution is -2.23. The van der Waals surface area contributed by atoms with Gasteiger partial charge in [0.25, 0.3) is 5.91 Å². The van der Waals surface area contributed by atoms with Gasteiger partial charge in [-0.05, 0) is 36.8 Å². The van der Waals surface area contributed by atoms with E-state index >= 15 is 0 Å². The molecule has 1 heterocycles. The summed E-state index contributed by atoms with van der Waals surface area (Å²) in [6, 6.07) is 12.5. The van der Waals surface area contributed by atoms with Gasteiger partial charge < -0.3 is 10.3 Å². The van der Waals surface area contributed by atoms with E-state index in [1.165, 1.54) is 6.07 Å². The zero-order chi connectivity index (χ0) is 18.0. The number of rotatable bonds is 5. The van der Waals surface area contributed by atoms with Crippen LogP contribution in [0, 0.1) is 6.92 Å². The van der Waals surface area contributed by atoms with E-state index < -0.39 is 10.0 Å². The largest absolute Gasteiger partial charge is 0.345 e. The Kier molecular flexibility index (Phi) is 4.45. The maximum absolute atomic E-state index is 12.3.